The number of likely N-dealkylation sites (tertiary alicyclic amines) is 1. The molecule has 1 heterocycles. The first-order valence-electron chi connectivity index (χ1n) is 13.5. The van der Waals surface area contributed by atoms with Crippen molar-refractivity contribution < 1.29 is 33.5 Å². The average molecular weight is 535 g/mol. The van der Waals surface area contributed by atoms with Crippen LogP contribution >= 0.6 is 0 Å². The summed E-state index contributed by atoms with van der Waals surface area (Å²) in [6.45, 7) is 5.40. The van der Waals surface area contributed by atoms with E-state index in [0.717, 1.165) is 25.7 Å². The van der Waals surface area contributed by atoms with Gasteiger partial charge < -0.3 is 18.9 Å². The highest BCUT2D eigenvalue weighted by molar-refractivity contribution is 5.69. The summed E-state index contributed by atoms with van der Waals surface area (Å²) in [5.41, 5.74) is -0.998. The fraction of sp³-hybridized carbons (Fsp3) is 0.714. The molecule has 1 aromatic rings. The number of amides is 1. The van der Waals surface area contributed by atoms with E-state index >= 15 is 0 Å². The summed E-state index contributed by atoms with van der Waals surface area (Å²) in [7, 11) is 1.28. The van der Waals surface area contributed by atoms with Gasteiger partial charge in [0.15, 0.2) is 0 Å². The lowest BCUT2D eigenvalue weighted by Crippen LogP contribution is -2.66. The zero-order valence-corrected chi connectivity index (χ0v) is 23.1. The zero-order chi connectivity index (χ0) is 27.8. The predicted octanol–water partition coefficient (Wildman–Crippen LogP) is 4.72. The maximum Gasteiger partial charge on any atom is 0.410 e. The van der Waals surface area contributed by atoms with Crippen molar-refractivity contribution in [1.29, 1.82) is 0 Å². The maximum absolute atomic E-state index is 13.2. The smallest absolute Gasteiger partial charge is 0.410 e. The van der Waals surface area contributed by atoms with Crippen molar-refractivity contribution in [3.8, 4) is 0 Å². The maximum atomic E-state index is 13.2. The predicted molar refractivity (Wildman–Crippen MR) is 141 cm³/mol. The Balaban J connectivity index is 1.72. The molecule has 2 fully saturated rings. The van der Waals surface area contributed by atoms with Crippen molar-refractivity contribution in [1.82, 2.24) is 4.90 Å². The van der Waals surface area contributed by atoms with E-state index in [1.165, 1.54) is 17.6 Å². The fourth-order valence-corrected chi connectivity index (χ4v) is 5.41. The van der Waals surface area contributed by atoms with Gasteiger partial charge in [-0.25, -0.2) is 4.79 Å². The molecule has 1 saturated heterocycles. The summed E-state index contributed by atoms with van der Waals surface area (Å²) >= 11 is 0. The number of hydrogen-bond donors (Lipinski definition) is 0. The summed E-state index contributed by atoms with van der Waals surface area (Å²) in [6.07, 6.45) is 3.66. The average Bonchev–Trinajstić information content (AvgIpc) is 2.89. The van der Waals surface area contributed by atoms with Crippen LogP contribution in [-0.2, 0) is 23.7 Å². The SMILES string of the molecule is COC(=O)CCOC[C@]1([N+](=O)[O-])CCCN(C(=O)OC(C)(C)C)[C@H]1CO[C@H]1CC[C@@H](c2ccccc2)CC1. The number of carbonyl (C=O) groups is 2. The van der Waals surface area contributed by atoms with Crippen LogP contribution < -0.4 is 0 Å². The van der Waals surface area contributed by atoms with Gasteiger partial charge in [0.2, 0.25) is 0 Å². The lowest BCUT2D eigenvalue weighted by Gasteiger charge is -2.44. The molecule has 1 aliphatic carbocycles. The van der Waals surface area contributed by atoms with E-state index in [-0.39, 0.29) is 43.7 Å². The number of benzene rings is 1. The van der Waals surface area contributed by atoms with E-state index < -0.39 is 29.2 Å². The highest BCUT2D eigenvalue weighted by Gasteiger charge is 2.57. The van der Waals surface area contributed by atoms with Crippen LogP contribution in [0.25, 0.3) is 0 Å². The van der Waals surface area contributed by atoms with Gasteiger partial charge in [0.05, 0.1) is 32.8 Å². The number of piperidine rings is 1. The van der Waals surface area contributed by atoms with Gasteiger partial charge in [-0.05, 0) is 64.4 Å². The molecule has 0 radical (unpaired) electrons. The number of ether oxygens (including phenoxy) is 4. The first kappa shape index (κ1) is 29.8. The van der Waals surface area contributed by atoms with Crippen molar-refractivity contribution >= 4 is 12.1 Å². The lowest BCUT2D eigenvalue weighted by molar-refractivity contribution is -0.587. The molecular formula is C28H42N2O8. The van der Waals surface area contributed by atoms with Gasteiger partial charge in [0.1, 0.15) is 18.2 Å². The molecule has 212 valence electrons. The second-order valence-corrected chi connectivity index (χ2v) is 11.3. The van der Waals surface area contributed by atoms with Crippen molar-refractivity contribution in [2.24, 2.45) is 0 Å². The first-order chi connectivity index (χ1) is 18.1. The number of hydrogen-bond acceptors (Lipinski definition) is 8. The first-order valence-corrected chi connectivity index (χ1v) is 13.5. The Bertz CT molecular complexity index is 927. The number of nitrogens with zero attached hydrogens (tertiary/aromatic N) is 2. The molecule has 0 unspecified atom stereocenters. The lowest BCUT2D eigenvalue weighted by atomic mass is 9.81. The van der Waals surface area contributed by atoms with Crippen LogP contribution in [0, 0.1) is 10.1 Å². The molecule has 0 aromatic heterocycles. The molecule has 1 aromatic carbocycles. The molecule has 10 heteroatoms. The van der Waals surface area contributed by atoms with E-state index in [0.29, 0.717) is 18.9 Å². The Morgan fingerprint density at radius 1 is 1.13 bits per heavy atom. The fourth-order valence-electron chi connectivity index (χ4n) is 5.41. The van der Waals surface area contributed by atoms with E-state index in [9.17, 15) is 19.7 Å². The number of methoxy groups -OCH3 is 1. The molecule has 10 nitrogen and oxygen atoms in total. The van der Waals surface area contributed by atoms with Crippen LogP contribution in [0.1, 0.15) is 77.2 Å². The monoisotopic (exact) mass is 534 g/mol. The van der Waals surface area contributed by atoms with Crippen LogP contribution in [0.5, 0.6) is 0 Å². The third-order valence-electron chi connectivity index (χ3n) is 7.46. The molecule has 0 spiro atoms. The molecule has 38 heavy (non-hydrogen) atoms. The van der Waals surface area contributed by atoms with Crippen molar-refractivity contribution in [3.63, 3.8) is 0 Å². The van der Waals surface area contributed by atoms with Gasteiger partial charge >= 0.3 is 12.1 Å². The summed E-state index contributed by atoms with van der Waals surface area (Å²) in [4.78, 5) is 38.3. The van der Waals surface area contributed by atoms with Gasteiger partial charge in [-0.1, -0.05) is 30.3 Å². The Morgan fingerprint density at radius 2 is 1.82 bits per heavy atom. The number of nitro groups is 1. The molecule has 1 aliphatic heterocycles. The van der Waals surface area contributed by atoms with E-state index in [1.54, 1.807) is 20.8 Å². The van der Waals surface area contributed by atoms with E-state index in [1.807, 2.05) is 6.07 Å². The highest BCUT2D eigenvalue weighted by Crippen LogP contribution is 2.36. The Labute approximate surface area is 225 Å². The van der Waals surface area contributed by atoms with Gasteiger partial charge in [0.25, 0.3) is 5.54 Å². The largest absolute Gasteiger partial charge is 0.469 e. The molecule has 1 amide bonds. The van der Waals surface area contributed by atoms with Crippen molar-refractivity contribution in [2.75, 3.05) is 33.5 Å². The second kappa shape index (κ2) is 13.4. The third kappa shape index (κ3) is 7.89. The quantitative estimate of drug-likeness (QED) is 0.183. The minimum Gasteiger partial charge on any atom is -0.469 e. The molecule has 2 atom stereocenters. The molecule has 2 aliphatic rings. The molecule has 1 saturated carbocycles. The number of esters is 1. The second-order valence-electron chi connectivity index (χ2n) is 11.3. The number of carbonyl (C=O) groups excluding carboxylic acids is 2. The summed E-state index contributed by atoms with van der Waals surface area (Å²) in [5.74, 6) is 0.0234. The van der Waals surface area contributed by atoms with Crippen molar-refractivity contribution in [3.05, 3.63) is 46.0 Å². The summed E-state index contributed by atoms with van der Waals surface area (Å²) in [6, 6.07) is 9.55. The molecule has 0 N–H and O–H groups in total. The zero-order valence-electron chi connectivity index (χ0n) is 23.1. The summed E-state index contributed by atoms with van der Waals surface area (Å²) < 4.78 is 22.2. The van der Waals surface area contributed by atoms with Crippen LogP contribution in [-0.4, -0.2) is 78.6 Å². The molecule has 3 rings (SSSR count). The Morgan fingerprint density at radius 3 is 2.42 bits per heavy atom. The van der Waals surface area contributed by atoms with Crippen LogP contribution in [0.3, 0.4) is 0 Å². The molecular weight excluding hydrogens is 492 g/mol. The standard InChI is InChI=1S/C28H42N2O8/c1-27(2,3)38-26(32)29-17-8-16-28(30(33)34,20-36-18-15-25(31)35-4)24(29)19-37-23-13-11-22(12-14-23)21-9-6-5-7-10-21/h5-7,9-10,22-24H,8,11-20H2,1-4H3/t22-,23+,24-,28+/m0/s1. The number of rotatable bonds is 10. The van der Waals surface area contributed by atoms with Crippen LogP contribution in [0.4, 0.5) is 4.79 Å². The van der Waals surface area contributed by atoms with Gasteiger partial charge in [-0.2, -0.15) is 0 Å². The minimum absolute atomic E-state index is 0.00804. The van der Waals surface area contributed by atoms with E-state index in [4.69, 9.17) is 14.2 Å². The Hall–Kier alpha value is -2.72. The van der Waals surface area contributed by atoms with Crippen LogP contribution in [0.2, 0.25) is 0 Å². The van der Waals surface area contributed by atoms with Crippen molar-refractivity contribution in [2.45, 2.75) is 94.9 Å². The normalized spacial score (nSPS) is 26.0. The van der Waals surface area contributed by atoms with Crippen LogP contribution in [0.15, 0.2) is 30.3 Å². The Kier molecular flexibility index (Phi) is 10.5. The summed E-state index contributed by atoms with van der Waals surface area (Å²) in [5, 5.41) is 12.6. The van der Waals surface area contributed by atoms with E-state index in [2.05, 4.69) is 29.0 Å². The highest BCUT2D eigenvalue weighted by atomic mass is 16.6. The van der Waals surface area contributed by atoms with Gasteiger partial charge in [-0.3, -0.25) is 19.8 Å². The molecule has 0 bridgehead atoms. The van der Waals surface area contributed by atoms with Gasteiger partial charge in [0, 0.05) is 17.9 Å². The topological polar surface area (TPSA) is 117 Å². The van der Waals surface area contributed by atoms with Gasteiger partial charge in [-0.15, -0.1) is 0 Å². The third-order valence-corrected chi connectivity index (χ3v) is 7.46. The minimum atomic E-state index is -1.58.